The second-order valence-corrected chi connectivity index (χ2v) is 8.33. The Bertz CT molecular complexity index is 1400. The first-order valence-corrected chi connectivity index (χ1v) is 10.8. The van der Waals surface area contributed by atoms with Crippen LogP contribution in [0.4, 0.5) is 0 Å². The van der Waals surface area contributed by atoms with E-state index >= 15 is 0 Å². The van der Waals surface area contributed by atoms with E-state index in [-0.39, 0.29) is 24.1 Å². The molecule has 8 nitrogen and oxygen atoms in total. The monoisotopic (exact) mass is 445 g/mol. The van der Waals surface area contributed by atoms with Crippen LogP contribution in [0, 0.1) is 13.8 Å². The lowest BCUT2D eigenvalue weighted by atomic mass is 10.1. The summed E-state index contributed by atoms with van der Waals surface area (Å²) in [4.78, 5) is 33.3. The zero-order valence-corrected chi connectivity index (χ0v) is 19.4. The van der Waals surface area contributed by atoms with Crippen molar-refractivity contribution in [3.8, 4) is 17.0 Å². The predicted octanol–water partition coefficient (Wildman–Crippen LogP) is 3.92. The number of benzene rings is 1. The van der Waals surface area contributed by atoms with Crippen molar-refractivity contribution in [1.29, 1.82) is 0 Å². The lowest BCUT2D eigenvalue weighted by Gasteiger charge is -2.12. The van der Waals surface area contributed by atoms with Gasteiger partial charge >= 0.3 is 0 Å². The number of aromatic amines is 1. The van der Waals surface area contributed by atoms with Crippen LogP contribution >= 0.6 is 0 Å². The van der Waals surface area contributed by atoms with Crippen LogP contribution in [0.25, 0.3) is 22.3 Å². The maximum absolute atomic E-state index is 13.3. The number of pyridine rings is 2. The number of aryl methyl sites for hydroxylation is 2. The molecule has 0 aliphatic rings. The van der Waals surface area contributed by atoms with Gasteiger partial charge in [-0.3, -0.25) is 9.59 Å². The van der Waals surface area contributed by atoms with Crippen LogP contribution in [0.15, 0.2) is 47.4 Å². The van der Waals surface area contributed by atoms with Crippen molar-refractivity contribution >= 4 is 16.9 Å². The Morgan fingerprint density at radius 3 is 2.70 bits per heavy atom. The Balaban J connectivity index is 1.77. The zero-order valence-electron chi connectivity index (χ0n) is 19.4. The van der Waals surface area contributed by atoms with Crippen molar-refractivity contribution in [2.45, 2.75) is 40.3 Å². The third-order valence-corrected chi connectivity index (χ3v) is 5.59. The highest BCUT2D eigenvalue weighted by Gasteiger charge is 2.19. The summed E-state index contributed by atoms with van der Waals surface area (Å²) in [6.45, 7) is 7.84. The summed E-state index contributed by atoms with van der Waals surface area (Å²) in [6, 6.07) is 11.2. The predicted molar refractivity (Wildman–Crippen MR) is 128 cm³/mol. The Morgan fingerprint density at radius 1 is 1.21 bits per heavy atom. The van der Waals surface area contributed by atoms with Gasteiger partial charge in [0.2, 0.25) is 0 Å². The van der Waals surface area contributed by atoms with Gasteiger partial charge in [0, 0.05) is 29.4 Å². The first kappa shape index (κ1) is 22.3. The molecule has 4 rings (SSSR count). The number of hydrogen-bond donors (Lipinski definition) is 2. The molecule has 1 amide bonds. The standard InChI is InChI=1S/C25H27N5O3/c1-14(2)30-23-21(13-27-30)19(11-22(29-23)17-7-6-8-18(10-17)33-5)24(31)26-12-20-15(3)9-16(4)28-25(20)32/h6-11,13-14H,12H2,1-5H3,(H,26,31)(H,28,32). The SMILES string of the molecule is COc1cccc(-c2cc(C(=O)NCc3c(C)cc(C)[nH]c3=O)c3cnn(C(C)C)c3n2)c1. The number of hydrogen-bond acceptors (Lipinski definition) is 5. The Morgan fingerprint density at radius 2 is 2.00 bits per heavy atom. The van der Waals surface area contributed by atoms with Crippen LogP contribution in [0.2, 0.25) is 0 Å². The van der Waals surface area contributed by atoms with Crippen LogP contribution in [0.1, 0.15) is 47.1 Å². The van der Waals surface area contributed by atoms with Crippen molar-refractivity contribution in [3.05, 3.63) is 75.3 Å². The Kier molecular flexibility index (Phi) is 6.00. The molecule has 0 bridgehead atoms. The van der Waals surface area contributed by atoms with Gasteiger partial charge in [-0.25, -0.2) is 9.67 Å². The second-order valence-electron chi connectivity index (χ2n) is 8.33. The topological polar surface area (TPSA) is 102 Å². The van der Waals surface area contributed by atoms with Crippen molar-refractivity contribution in [2.75, 3.05) is 7.11 Å². The molecule has 0 aliphatic carbocycles. The fourth-order valence-corrected chi connectivity index (χ4v) is 3.88. The fraction of sp³-hybridized carbons (Fsp3) is 0.280. The molecule has 0 atom stereocenters. The molecule has 0 aliphatic heterocycles. The smallest absolute Gasteiger partial charge is 0.253 e. The lowest BCUT2D eigenvalue weighted by Crippen LogP contribution is -2.28. The van der Waals surface area contributed by atoms with Gasteiger partial charge in [-0.15, -0.1) is 0 Å². The van der Waals surface area contributed by atoms with Crippen molar-refractivity contribution in [2.24, 2.45) is 0 Å². The summed E-state index contributed by atoms with van der Waals surface area (Å²) in [5.41, 5.74) is 4.49. The number of carbonyl (C=O) groups excluding carboxylic acids is 1. The van der Waals surface area contributed by atoms with Crippen LogP contribution in [0.3, 0.4) is 0 Å². The lowest BCUT2D eigenvalue weighted by molar-refractivity contribution is 0.0952. The number of carbonyl (C=O) groups is 1. The fourth-order valence-electron chi connectivity index (χ4n) is 3.88. The first-order valence-electron chi connectivity index (χ1n) is 10.8. The number of H-pyrrole nitrogens is 1. The van der Waals surface area contributed by atoms with Gasteiger partial charge in [0.25, 0.3) is 11.5 Å². The van der Waals surface area contributed by atoms with E-state index < -0.39 is 0 Å². The highest BCUT2D eigenvalue weighted by Crippen LogP contribution is 2.28. The Hall–Kier alpha value is -3.94. The van der Waals surface area contributed by atoms with Gasteiger partial charge in [-0.2, -0.15) is 5.10 Å². The van der Waals surface area contributed by atoms with Gasteiger partial charge in [-0.05, 0) is 57.5 Å². The molecular formula is C25H27N5O3. The Labute approximate surface area is 191 Å². The highest BCUT2D eigenvalue weighted by atomic mass is 16.5. The van der Waals surface area contributed by atoms with E-state index in [1.165, 1.54) is 0 Å². The highest BCUT2D eigenvalue weighted by molar-refractivity contribution is 6.06. The quantitative estimate of drug-likeness (QED) is 0.468. The number of nitrogens with zero attached hydrogens (tertiary/aromatic N) is 3. The maximum atomic E-state index is 13.3. The molecule has 0 spiro atoms. The van der Waals surface area contributed by atoms with Gasteiger partial charge in [-0.1, -0.05) is 12.1 Å². The maximum Gasteiger partial charge on any atom is 0.253 e. The molecule has 170 valence electrons. The summed E-state index contributed by atoms with van der Waals surface area (Å²) in [7, 11) is 1.61. The van der Waals surface area contributed by atoms with Gasteiger partial charge in [0.1, 0.15) is 5.75 Å². The van der Waals surface area contributed by atoms with E-state index in [1.807, 2.05) is 58.0 Å². The van der Waals surface area contributed by atoms with E-state index in [0.29, 0.717) is 33.6 Å². The minimum atomic E-state index is -0.297. The molecular weight excluding hydrogens is 418 g/mol. The number of rotatable bonds is 6. The number of ether oxygens (including phenoxy) is 1. The van der Waals surface area contributed by atoms with Crippen LogP contribution in [-0.2, 0) is 6.54 Å². The summed E-state index contributed by atoms with van der Waals surface area (Å²) in [5, 5.41) is 8.01. The van der Waals surface area contributed by atoms with E-state index in [1.54, 1.807) is 24.1 Å². The molecule has 1 aromatic carbocycles. The van der Waals surface area contributed by atoms with E-state index in [2.05, 4.69) is 15.4 Å². The molecule has 0 unspecified atom stereocenters. The van der Waals surface area contributed by atoms with Crippen molar-refractivity contribution in [3.63, 3.8) is 0 Å². The zero-order chi connectivity index (χ0) is 23.7. The third-order valence-electron chi connectivity index (χ3n) is 5.59. The molecule has 8 heteroatoms. The molecule has 3 heterocycles. The van der Waals surface area contributed by atoms with Gasteiger partial charge in [0.05, 0.1) is 30.0 Å². The number of methoxy groups -OCH3 is 1. The minimum Gasteiger partial charge on any atom is -0.497 e. The molecule has 4 aromatic rings. The largest absolute Gasteiger partial charge is 0.497 e. The average Bonchev–Trinajstić information content (AvgIpc) is 3.22. The minimum absolute atomic E-state index is 0.0697. The number of fused-ring (bicyclic) bond motifs is 1. The molecule has 2 N–H and O–H groups in total. The van der Waals surface area contributed by atoms with Crippen LogP contribution in [-0.4, -0.2) is 32.8 Å². The third kappa shape index (κ3) is 4.37. The summed E-state index contributed by atoms with van der Waals surface area (Å²) < 4.78 is 7.15. The van der Waals surface area contributed by atoms with Crippen molar-refractivity contribution < 1.29 is 9.53 Å². The molecule has 3 aromatic heterocycles. The molecule has 0 saturated carbocycles. The van der Waals surface area contributed by atoms with E-state index in [4.69, 9.17) is 9.72 Å². The van der Waals surface area contributed by atoms with Crippen molar-refractivity contribution in [1.82, 2.24) is 25.1 Å². The van der Waals surface area contributed by atoms with Gasteiger partial charge in [0.15, 0.2) is 5.65 Å². The molecule has 0 saturated heterocycles. The van der Waals surface area contributed by atoms with Crippen LogP contribution < -0.4 is 15.6 Å². The average molecular weight is 446 g/mol. The van der Waals surface area contributed by atoms with Gasteiger partial charge < -0.3 is 15.0 Å². The van der Waals surface area contributed by atoms with E-state index in [0.717, 1.165) is 16.8 Å². The number of amides is 1. The summed E-state index contributed by atoms with van der Waals surface area (Å²) >= 11 is 0. The van der Waals surface area contributed by atoms with E-state index in [9.17, 15) is 9.59 Å². The number of aromatic nitrogens is 4. The summed E-state index contributed by atoms with van der Waals surface area (Å²) in [5.74, 6) is 0.404. The van der Waals surface area contributed by atoms with Crippen LogP contribution in [0.5, 0.6) is 5.75 Å². The molecule has 0 radical (unpaired) electrons. The normalized spacial score (nSPS) is 11.2. The molecule has 33 heavy (non-hydrogen) atoms. The first-order chi connectivity index (χ1) is 15.8. The summed E-state index contributed by atoms with van der Waals surface area (Å²) in [6.07, 6.45) is 1.66. The second kappa shape index (κ2) is 8.90. The number of nitrogens with one attached hydrogen (secondary N) is 2. The molecule has 0 fully saturated rings.